The van der Waals surface area contributed by atoms with Crippen LogP contribution in [0.1, 0.15) is 49.4 Å². The molecule has 0 radical (unpaired) electrons. The third kappa shape index (κ3) is 2.96. The van der Waals surface area contributed by atoms with Crippen LogP contribution in [-0.2, 0) is 7.05 Å². The quantitative estimate of drug-likeness (QED) is 0.929. The molecule has 3 nitrogen and oxygen atoms in total. The van der Waals surface area contributed by atoms with Crippen LogP contribution >= 0.6 is 11.3 Å². The lowest BCUT2D eigenvalue weighted by Crippen LogP contribution is -2.37. The number of rotatable bonds is 4. The molecule has 0 aliphatic heterocycles. The van der Waals surface area contributed by atoms with Gasteiger partial charge in [-0.3, -0.25) is 0 Å². The van der Waals surface area contributed by atoms with Crippen molar-refractivity contribution in [2.24, 2.45) is 13.0 Å². The van der Waals surface area contributed by atoms with Gasteiger partial charge in [0.05, 0.1) is 0 Å². The van der Waals surface area contributed by atoms with E-state index >= 15 is 0 Å². The highest BCUT2D eigenvalue weighted by molar-refractivity contribution is 7.10. The minimum Gasteiger partial charge on any atom is -0.336 e. The second kappa shape index (κ2) is 6.10. The number of aromatic nitrogens is 2. The van der Waals surface area contributed by atoms with Crippen molar-refractivity contribution in [3.05, 3.63) is 40.6 Å². The fourth-order valence-corrected chi connectivity index (χ4v) is 4.00. The average Bonchev–Trinajstić information content (AvgIpc) is 3.07. The van der Waals surface area contributed by atoms with Crippen molar-refractivity contribution >= 4 is 11.3 Å². The lowest BCUT2D eigenvalue weighted by molar-refractivity contribution is 0.287. The van der Waals surface area contributed by atoms with E-state index in [1.54, 1.807) is 0 Å². The molecule has 3 rings (SSSR count). The zero-order valence-corrected chi connectivity index (χ0v) is 13.1. The van der Waals surface area contributed by atoms with Gasteiger partial charge in [0.25, 0.3) is 0 Å². The summed E-state index contributed by atoms with van der Waals surface area (Å²) >= 11 is 1.81. The molecule has 2 aromatic heterocycles. The number of nitrogens with zero attached hydrogens (tertiary/aromatic N) is 2. The zero-order valence-electron chi connectivity index (χ0n) is 12.2. The van der Waals surface area contributed by atoms with Gasteiger partial charge in [0.1, 0.15) is 11.9 Å². The van der Waals surface area contributed by atoms with Crippen LogP contribution in [-0.4, -0.2) is 15.6 Å². The number of hydrogen-bond donors (Lipinski definition) is 1. The van der Waals surface area contributed by atoms with Gasteiger partial charge in [-0.05, 0) is 30.2 Å². The van der Waals surface area contributed by atoms with Crippen LogP contribution in [0, 0.1) is 5.92 Å². The number of nitrogens with one attached hydrogen (secondary N) is 1. The van der Waals surface area contributed by atoms with Crippen LogP contribution in [0.4, 0.5) is 0 Å². The Balaban J connectivity index is 1.81. The van der Waals surface area contributed by atoms with Crippen LogP contribution in [0.3, 0.4) is 0 Å². The Morgan fingerprint density at radius 1 is 1.45 bits per heavy atom. The largest absolute Gasteiger partial charge is 0.336 e. The van der Waals surface area contributed by atoms with Gasteiger partial charge in [-0.2, -0.15) is 0 Å². The molecule has 1 N–H and O–H groups in total. The van der Waals surface area contributed by atoms with Crippen LogP contribution in [0.25, 0.3) is 0 Å². The van der Waals surface area contributed by atoms with E-state index in [2.05, 4.69) is 46.4 Å². The normalized spacial score (nSPS) is 24.7. The topological polar surface area (TPSA) is 29.9 Å². The van der Waals surface area contributed by atoms with Gasteiger partial charge < -0.3 is 9.88 Å². The molecule has 4 heteroatoms. The molecule has 3 atom stereocenters. The number of thiophene rings is 1. The first-order chi connectivity index (χ1) is 9.74. The van der Waals surface area contributed by atoms with E-state index in [-0.39, 0.29) is 6.04 Å². The van der Waals surface area contributed by atoms with Crippen molar-refractivity contribution in [1.82, 2.24) is 14.9 Å². The van der Waals surface area contributed by atoms with Crippen molar-refractivity contribution in [3.8, 4) is 0 Å². The predicted octanol–water partition coefficient (Wildman–Crippen LogP) is 3.74. The lowest BCUT2D eigenvalue weighted by atomic mass is 9.86. The lowest BCUT2D eigenvalue weighted by Gasteiger charge is -2.31. The molecular weight excluding hydrogens is 266 g/mol. The molecule has 0 bridgehead atoms. The number of imidazole rings is 1. The number of hydrogen-bond acceptors (Lipinski definition) is 3. The van der Waals surface area contributed by atoms with E-state index in [0.29, 0.717) is 6.04 Å². The first-order valence-electron chi connectivity index (χ1n) is 7.50. The van der Waals surface area contributed by atoms with Crippen molar-refractivity contribution in [2.75, 3.05) is 0 Å². The molecule has 2 heterocycles. The summed E-state index contributed by atoms with van der Waals surface area (Å²) in [4.78, 5) is 5.92. The SMILES string of the molecule is CC1CCCC(NC(c2cccs2)c2nccn2C)C1. The van der Waals surface area contributed by atoms with Crippen molar-refractivity contribution in [2.45, 2.75) is 44.7 Å². The van der Waals surface area contributed by atoms with Gasteiger partial charge in [0.2, 0.25) is 0 Å². The second-order valence-corrected chi connectivity index (χ2v) is 6.96. The molecule has 3 unspecified atom stereocenters. The van der Waals surface area contributed by atoms with E-state index in [0.717, 1.165) is 11.7 Å². The van der Waals surface area contributed by atoms with Gasteiger partial charge in [0, 0.05) is 30.4 Å². The summed E-state index contributed by atoms with van der Waals surface area (Å²) in [5.74, 6) is 1.96. The third-order valence-electron chi connectivity index (χ3n) is 4.28. The summed E-state index contributed by atoms with van der Waals surface area (Å²) in [7, 11) is 2.08. The number of aryl methyl sites for hydroxylation is 1. The Labute approximate surface area is 125 Å². The molecular formula is C16H23N3S. The first kappa shape index (κ1) is 13.8. The van der Waals surface area contributed by atoms with Crippen molar-refractivity contribution in [1.29, 1.82) is 0 Å². The molecule has 2 aromatic rings. The fourth-order valence-electron chi connectivity index (χ4n) is 3.22. The van der Waals surface area contributed by atoms with Crippen LogP contribution in [0.5, 0.6) is 0 Å². The molecule has 108 valence electrons. The standard InChI is InChI=1S/C16H23N3S/c1-12-5-3-6-13(11-12)18-15(14-7-4-10-20-14)16-17-8-9-19(16)2/h4,7-10,12-13,15,18H,3,5-6,11H2,1-2H3. The Morgan fingerprint density at radius 3 is 3.00 bits per heavy atom. The van der Waals surface area contributed by atoms with Gasteiger partial charge >= 0.3 is 0 Å². The van der Waals surface area contributed by atoms with E-state index in [1.807, 2.05) is 23.7 Å². The fraction of sp³-hybridized carbons (Fsp3) is 0.562. The molecule has 20 heavy (non-hydrogen) atoms. The van der Waals surface area contributed by atoms with Crippen molar-refractivity contribution < 1.29 is 0 Å². The molecule has 1 aliphatic rings. The van der Waals surface area contributed by atoms with Gasteiger partial charge in [-0.25, -0.2) is 4.98 Å². The van der Waals surface area contributed by atoms with E-state index < -0.39 is 0 Å². The summed E-state index contributed by atoms with van der Waals surface area (Å²) in [6.45, 7) is 2.37. The molecule has 1 saturated carbocycles. The molecule has 1 aliphatic carbocycles. The maximum atomic E-state index is 4.56. The van der Waals surface area contributed by atoms with Gasteiger partial charge in [-0.1, -0.05) is 25.8 Å². The maximum Gasteiger partial charge on any atom is 0.131 e. The minimum absolute atomic E-state index is 0.227. The van der Waals surface area contributed by atoms with Crippen LogP contribution in [0.2, 0.25) is 0 Å². The Hall–Kier alpha value is -1.13. The molecule has 1 fully saturated rings. The van der Waals surface area contributed by atoms with Crippen LogP contribution < -0.4 is 5.32 Å². The van der Waals surface area contributed by atoms with Crippen LogP contribution in [0.15, 0.2) is 29.9 Å². The Kier molecular flexibility index (Phi) is 4.22. The summed E-state index contributed by atoms with van der Waals surface area (Å²) in [5, 5.41) is 6.01. The van der Waals surface area contributed by atoms with E-state index in [1.165, 1.54) is 30.6 Å². The molecule has 0 aromatic carbocycles. The molecule has 0 amide bonds. The second-order valence-electron chi connectivity index (χ2n) is 5.98. The summed E-state index contributed by atoms with van der Waals surface area (Å²) < 4.78 is 2.13. The maximum absolute atomic E-state index is 4.56. The van der Waals surface area contributed by atoms with E-state index in [9.17, 15) is 0 Å². The third-order valence-corrected chi connectivity index (χ3v) is 5.22. The molecule has 0 saturated heterocycles. The smallest absolute Gasteiger partial charge is 0.131 e. The Bertz CT molecular complexity index is 532. The highest BCUT2D eigenvalue weighted by Gasteiger charge is 2.25. The summed E-state index contributed by atoms with van der Waals surface area (Å²) in [6.07, 6.45) is 9.21. The van der Waals surface area contributed by atoms with Gasteiger partial charge in [-0.15, -0.1) is 11.3 Å². The first-order valence-corrected chi connectivity index (χ1v) is 8.38. The highest BCUT2D eigenvalue weighted by Crippen LogP contribution is 2.29. The van der Waals surface area contributed by atoms with Gasteiger partial charge in [0.15, 0.2) is 0 Å². The monoisotopic (exact) mass is 289 g/mol. The summed E-state index contributed by atoms with van der Waals surface area (Å²) in [5.41, 5.74) is 0. The summed E-state index contributed by atoms with van der Waals surface area (Å²) in [6, 6.07) is 5.18. The zero-order chi connectivity index (χ0) is 13.9. The predicted molar refractivity (Wildman–Crippen MR) is 83.9 cm³/mol. The van der Waals surface area contributed by atoms with E-state index in [4.69, 9.17) is 0 Å². The average molecular weight is 289 g/mol. The minimum atomic E-state index is 0.227. The molecule has 0 spiro atoms. The van der Waals surface area contributed by atoms with Crippen molar-refractivity contribution in [3.63, 3.8) is 0 Å². The highest BCUT2D eigenvalue weighted by atomic mass is 32.1. The Morgan fingerprint density at radius 2 is 2.35 bits per heavy atom.